The summed E-state index contributed by atoms with van der Waals surface area (Å²) < 4.78 is 1.76. The van der Waals surface area contributed by atoms with Gasteiger partial charge in [-0.15, -0.1) is 0 Å². The molecule has 0 radical (unpaired) electrons. The van der Waals surface area contributed by atoms with Crippen molar-refractivity contribution in [2.45, 2.75) is 13.0 Å². The summed E-state index contributed by atoms with van der Waals surface area (Å²) >= 11 is 1.51. The minimum absolute atomic E-state index is 0.144. The van der Waals surface area contributed by atoms with Crippen LogP contribution >= 0.6 is 11.3 Å². The average molecular weight is 342 g/mol. The molecule has 124 valence electrons. The van der Waals surface area contributed by atoms with E-state index in [-0.39, 0.29) is 12.6 Å². The van der Waals surface area contributed by atoms with Gasteiger partial charge in [-0.05, 0) is 47.5 Å². The number of amides is 2. The van der Waals surface area contributed by atoms with Crippen LogP contribution < -0.4 is 10.6 Å². The Kier molecular flexibility index (Phi) is 4.93. The van der Waals surface area contributed by atoms with Crippen molar-refractivity contribution >= 4 is 23.1 Å². The van der Waals surface area contributed by atoms with Gasteiger partial charge in [0, 0.05) is 18.4 Å². The number of rotatable bonds is 5. The van der Waals surface area contributed by atoms with Gasteiger partial charge in [-0.25, -0.2) is 9.48 Å². The SMILES string of the molecule is Cc1ccnn1-c1ccccc1NC(=O)NCC(O)c1ccsc1. The number of hydrogen-bond acceptors (Lipinski definition) is 4. The number of aliphatic hydroxyl groups excluding tert-OH is 1. The van der Waals surface area contributed by atoms with E-state index < -0.39 is 6.10 Å². The lowest BCUT2D eigenvalue weighted by Crippen LogP contribution is -2.32. The molecule has 0 spiro atoms. The highest BCUT2D eigenvalue weighted by molar-refractivity contribution is 7.07. The summed E-state index contributed by atoms with van der Waals surface area (Å²) in [5, 5.41) is 23.5. The molecule has 1 atom stereocenters. The molecule has 7 heteroatoms. The normalized spacial score (nSPS) is 11.9. The largest absolute Gasteiger partial charge is 0.387 e. The molecule has 24 heavy (non-hydrogen) atoms. The van der Waals surface area contributed by atoms with Crippen molar-refractivity contribution in [3.63, 3.8) is 0 Å². The summed E-state index contributed by atoms with van der Waals surface area (Å²) in [7, 11) is 0. The van der Waals surface area contributed by atoms with Gasteiger partial charge in [0.05, 0.1) is 17.5 Å². The number of anilines is 1. The van der Waals surface area contributed by atoms with Crippen molar-refractivity contribution in [1.82, 2.24) is 15.1 Å². The summed E-state index contributed by atoms with van der Waals surface area (Å²) in [5.41, 5.74) is 3.20. The second-order valence-electron chi connectivity index (χ2n) is 5.31. The number of nitrogens with one attached hydrogen (secondary N) is 2. The first-order valence-corrected chi connectivity index (χ1v) is 8.44. The number of nitrogens with zero attached hydrogens (tertiary/aromatic N) is 2. The predicted octanol–water partition coefficient (Wildman–Crippen LogP) is 3.10. The Morgan fingerprint density at radius 2 is 2.17 bits per heavy atom. The van der Waals surface area contributed by atoms with Gasteiger partial charge in [-0.1, -0.05) is 12.1 Å². The summed E-state index contributed by atoms with van der Waals surface area (Å²) in [6.07, 6.45) is 0.995. The quantitative estimate of drug-likeness (QED) is 0.666. The molecule has 3 aromatic rings. The molecule has 0 aliphatic rings. The lowest BCUT2D eigenvalue weighted by molar-refractivity contribution is 0.175. The van der Waals surface area contributed by atoms with E-state index in [2.05, 4.69) is 15.7 Å². The van der Waals surface area contributed by atoms with E-state index in [1.165, 1.54) is 11.3 Å². The second-order valence-corrected chi connectivity index (χ2v) is 6.09. The van der Waals surface area contributed by atoms with Gasteiger partial charge in [0.25, 0.3) is 0 Å². The van der Waals surface area contributed by atoms with Crippen LogP contribution in [0.15, 0.2) is 53.4 Å². The van der Waals surface area contributed by atoms with Crippen LogP contribution in [0.3, 0.4) is 0 Å². The monoisotopic (exact) mass is 342 g/mol. The number of aromatic nitrogens is 2. The summed E-state index contributed by atoms with van der Waals surface area (Å²) in [5.74, 6) is 0. The molecule has 3 rings (SSSR count). The number of thiophene rings is 1. The topological polar surface area (TPSA) is 79.2 Å². The third-order valence-electron chi connectivity index (χ3n) is 3.60. The van der Waals surface area contributed by atoms with Gasteiger partial charge in [0.1, 0.15) is 0 Å². The summed E-state index contributed by atoms with van der Waals surface area (Å²) in [6, 6.07) is 10.8. The highest BCUT2D eigenvalue weighted by atomic mass is 32.1. The van der Waals surface area contributed by atoms with Crippen molar-refractivity contribution in [3.8, 4) is 5.69 Å². The maximum atomic E-state index is 12.1. The fourth-order valence-corrected chi connectivity index (χ4v) is 3.03. The van der Waals surface area contributed by atoms with Crippen LogP contribution in [0, 0.1) is 6.92 Å². The second kappa shape index (κ2) is 7.29. The van der Waals surface area contributed by atoms with Crippen LogP contribution in [0.25, 0.3) is 5.69 Å². The number of urea groups is 1. The van der Waals surface area contributed by atoms with E-state index in [9.17, 15) is 9.90 Å². The third kappa shape index (κ3) is 3.64. The zero-order chi connectivity index (χ0) is 16.9. The van der Waals surface area contributed by atoms with Gasteiger partial charge in [0.2, 0.25) is 0 Å². The number of para-hydroxylation sites is 2. The van der Waals surface area contributed by atoms with Crippen molar-refractivity contribution in [2.24, 2.45) is 0 Å². The Labute approximate surface area is 143 Å². The van der Waals surface area contributed by atoms with E-state index in [4.69, 9.17) is 0 Å². The van der Waals surface area contributed by atoms with Crippen LogP contribution in [-0.4, -0.2) is 27.5 Å². The number of benzene rings is 1. The third-order valence-corrected chi connectivity index (χ3v) is 4.30. The molecular weight excluding hydrogens is 324 g/mol. The molecule has 0 saturated heterocycles. The van der Waals surface area contributed by atoms with Gasteiger partial charge >= 0.3 is 6.03 Å². The maximum Gasteiger partial charge on any atom is 0.319 e. The lowest BCUT2D eigenvalue weighted by atomic mass is 10.2. The van der Waals surface area contributed by atoms with Crippen LogP contribution in [0.2, 0.25) is 0 Å². The Balaban J connectivity index is 1.66. The molecule has 0 saturated carbocycles. The Morgan fingerprint density at radius 3 is 2.88 bits per heavy atom. The number of aryl methyl sites for hydroxylation is 1. The van der Waals surface area contributed by atoms with Crippen molar-refractivity contribution in [3.05, 3.63) is 64.6 Å². The van der Waals surface area contributed by atoms with Crippen LogP contribution in [-0.2, 0) is 0 Å². The zero-order valence-corrected chi connectivity index (χ0v) is 14.0. The van der Waals surface area contributed by atoms with Crippen LogP contribution in [0.1, 0.15) is 17.4 Å². The zero-order valence-electron chi connectivity index (χ0n) is 13.1. The fraction of sp³-hybridized carbons (Fsp3) is 0.176. The molecule has 2 heterocycles. The standard InChI is InChI=1S/C17H18N4O2S/c1-12-6-8-19-21(12)15-5-3-2-4-14(15)20-17(23)18-10-16(22)13-7-9-24-11-13/h2-9,11,16,22H,10H2,1H3,(H2,18,20,23). The molecule has 1 unspecified atom stereocenters. The number of hydrogen-bond donors (Lipinski definition) is 3. The van der Waals surface area contributed by atoms with Gasteiger partial charge in [0.15, 0.2) is 0 Å². The molecule has 2 aromatic heterocycles. The first-order chi connectivity index (χ1) is 11.6. The summed E-state index contributed by atoms with van der Waals surface area (Å²) in [4.78, 5) is 12.1. The molecular formula is C17H18N4O2S. The smallest absolute Gasteiger partial charge is 0.319 e. The highest BCUT2D eigenvalue weighted by Gasteiger charge is 2.12. The maximum absolute atomic E-state index is 12.1. The van der Waals surface area contributed by atoms with E-state index in [1.807, 2.05) is 54.1 Å². The first kappa shape index (κ1) is 16.2. The van der Waals surface area contributed by atoms with Crippen molar-refractivity contribution in [1.29, 1.82) is 0 Å². The van der Waals surface area contributed by atoms with E-state index in [0.717, 1.165) is 16.9 Å². The Bertz CT molecular complexity index is 814. The molecule has 0 fully saturated rings. The van der Waals surface area contributed by atoms with Crippen LogP contribution in [0.4, 0.5) is 10.5 Å². The minimum Gasteiger partial charge on any atom is -0.387 e. The first-order valence-electron chi connectivity index (χ1n) is 7.50. The van der Waals surface area contributed by atoms with Crippen molar-refractivity contribution < 1.29 is 9.90 Å². The van der Waals surface area contributed by atoms with Gasteiger partial charge in [-0.2, -0.15) is 16.4 Å². The van der Waals surface area contributed by atoms with E-state index in [0.29, 0.717) is 5.69 Å². The number of carbonyl (C=O) groups excluding carboxylic acids is 1. The Morgan fingerprint density at radius 1 is 1.33 bits per heavy atom. The minimum atomic E-state index is -0.717. The molecule has 3 N–H and O–H groups in total. The molecule has 0 bridgehead atoms. The number of carbonyl (C=O) groups is 1. The fourth-order valence-electron chi connectivity index (χ4n) is 2.32. The van der Waals surface area contributed by atoms with Gasteiger partial charge < -0.3 is 15.7 Å². The molecule has 6 nitrogen and oxygen atoms in total. The van der Waals surface area contributed by atoms with E-state index >= 15 is 0 Å². The summed E-state index contributed by atoms with van der Waals surface area (Å²) in [6.45, 7) is 2.09. The number of aliphatic hydroxyl groups is 1. The predicted molar refractivity (Wildman–Crippen MR) is 94.6 cm³/mol. The van der Waals surface area contributed by atoms with Gasteiger partial charge in [-0.3, -0.25) is 0 Å². The van der Waals surface area contributed by atoms with Crippen molar-refractivity contribution in [2.75, 3.05) is 11.9 Å². The Hall–Kier alpha value is -2.64. The average Bonchev–Trinajstić information content (AvgIpc) is 3.25. The highest BCUT2D eigenvalue weighted by Crippen LogP contribution is 2.20. The lowest BCUT2D eigenvalue weighted by Gasteiger charge is -2.14. The molecule has 0 aliphatic carbocycles. The molecule has 1 aromatic carbocycles. The molecule has 2 amide bonds. The van der Waals surface area contributed by atoms with E-state index in [1.54, 1.807) is 10.9 Å². The van der Waals surface area contributed by atoms with Crippen LogP contribution in [0.5, 0.6) is 0 Å². The molecule has 0 aliphatic heterocycles.